The predicted octanol–water partition coefficient (Wildman–Crippen LogP) is 3.27. The van der Waals surface area contributed by atoms with Crippen molar-refractivity contribution in [3.8, 4) is 24.3 Å². The minimum atomic E-state index is -1.62. The van der Waals surface area contributed by atoms with Crippen LogP contribution in [0.25, 0.3) is 0 Å². The summed E-state index contributed by atoms with van der Waals surface area (Å²) in [6.07, 6.45) is 4.18. The largest absolute Gasteiger partial charge is 0.311 e. The first-order chi connectivity index (χ1) is 11.1. The summed E-state index contributed by atoms with van der Waals surface area (Å²) < 4.78 is 0. The fraction of sp³-hybridized carbons (Fsp3) is 0.778. The highest BCUT2D eigenvalue weighted by molar-refractivity contribution is 5.43. The molecule has 1 fully saturated rings. The molecule has 0 heterocycles. The number of nitrogens with zero attached hydrogens (tertiary/aromatic N) is 4. The molecule has 3 atom stereocenters. The molecule has 0 amide bonds. The van der Waals surface area contributed by atoms with E-state index in [0.29, 0.717) is 13.0 Å². The van der Waals surface area contributed by atoms with E-state index < -0.39 is 16.9 Å². The van der Waals surface area contributed by atoms with Crippen molar-refractivity contribution in [2.75, 3.05) is 6.54 Å². The van der Waals surface area contributed by atoms with Crippen molar-refractivity contribution in [1.82, 2.24) is 5.32 Å². The van der Waals surface area contributed by atoms with Crippen molar-refractivity contribution in [3.05, 3.63) is 0 Å². The van der Waals surface area contributed by atoms with Gasteiger partial charge in [-0.05, 0) is 31.2 Å². The smallest absolute Gasteiger partial charge is 0.190 e. The van der Waals surface area contributed by atoms with E-state index in [1.54, 1.807) is 0 Å². The van der Waals surface area contributed by atoms with Gasteiger partial charge in [0.2, 0.25) is 0 Å². The van der Waals surface area contributed by atoms with Gasteiger partial charge in [-0.2, -0.15) is 21.0 Å². The van der Waals surface area contributed by atoms with Crippen LogP contribution >= 0.6 is 0 Å². The standard InChI is InChI=1S/C18H25N5/c1-4-7-9-23-16-14(6-3)15(8-5-2)17(10-19,11-20)18(16,12-21)13-22/h14-16,23H,4-9H2,1-3H3/t14-,15-,16-/m1/s1. The highest BCUT2D eigenvalue weighted by Gasteiger charge is 2.71. The molecule has 0 unspecified atom stereocenters. The Balaban J connectivity index is 3.49. The van der Waals surface area contributed by atoms with Gasteiger partial charge in [-0.3, -0.25) is 0 Å². The minimum Gasteiger partial charge on any atom is -0.311 e. The molecule has 0 radical (unpaired) electrons. The molecule has 5 nitrogen and oxygen atoms in total. The number of hydrogen-bond acceptors (Lipinski definition) is 5. The average molecular weight is 311 g/mol. The summed E-state index contributed by atoms with van der Waals surface area (Å²) in [5, 5.41) is 42.6. The number of hydrogen-bond donors (Lipinski definition) is 1. The normalized spacial score (nSPS) is 27.3. The molecule has 0 aliphatic heterocycles. The first kappa shape index (κ1) is 19.0. The third kappa shape index (κ3) is 2.67. The lowest BCUT2D eigenvalue weighted by atomic mass is 9.63. The molecule has 0 aromatic heterocycles. The van der Waals surface area contributed by atoms with Crippen LogP contribution in [-0.2, 0) is 0 Å². The van der Waals surface area contributed by atoms with Gasteiger partial charge in [0.15, 0.2) is 10.8 Å². The third-order valence-electron chi connectivity index (χ3n) is 5.26. The zero-order chi connectivity index (χ0) is 17.5. The second kappa shape index (κ2) is 7.97. The molecule has 23 heavy (non-hydrogen) atoms. The quantitative estimate of drug-likeness (QED) is 0.726. The predicted molar refractivity (Wildman–Crippen MR) is 86.2 cm³/mol. The van der Waals surface area contributed by atoms with Crippen LogP contribution in [0.3, 0.4) is 0 Å². The van der Waals surface area contributed by atoms with Crippen molar-refractivity contribution in [1.29, 1.82) is 21.0 Å². The number of rotatable bonds is 7. The van der Waals surface area contributed by atoms with Crippen molar-refractivity contribution in [2.24, 2.45) is 22.7 Å². The van der Waals surface area contributed by atoms with Gasteiger partial charge in [0, 0.05) is 6.04 Å². The van der Waals surface area contributed by atoms with E-state index >= 15 is 0 Å². The Morgan fingerprint density at radius 2 is 1.43 bits per heavy atom. The Morgan fingerprint density at radius 1 is 0.870 bits per heavy atom. The van der Waals surface area contributed by atoms with Crippen LogP contribution in [0.15, 0.2) is 0 Å². The molecular weight excluding hydrogens is 286 g/mol. The number of nitrogens with one attached hydrogen (secondary N) is 1. The van der Waals surface area contributed by atoms with Crippen LogP contribution in [0.2, 0.25) is 0 Å². The second-order valence-electron chi connectivity index (χ2n) is 6.32. The summed E-state index contributed by atoms with van der Waals surface area (Å²) in [6.45, 7) is 6.77. The van der Waals surface area contributed by atoms with Gasteiger partial charge in [0.1, 0.15) is 0 Å². The van der Waals surface area contributed by atoms with Crippen molar-refractivity contribution >= 4 is 0 Å². The molecule has 1 rings (SSSR count). The van der Waals surface area contributed by atoms with E-state index in [4.69, 9.17) is 0 Å². The van der Waals surface area contributed by atoms with Gasteiger partial charge in [-0.1, -0.05) is 40.0 Å². The highest BCUT2D eigenvalue weighted by atomic mass is 15.0. The molecule has 1 aliphatic rings. The molecule has 1 saturated carbocycles. The van der Waals surface area contributed by atoms with Gasteiger partial charge >= 0.3 is 0 Å². The molecule has 5 heteroatoms. The molecule has 1 N–H and O–H groups in total. The van der Waals surface area contributed by atoms with Gasteiger partial charge in [-0.15, -0.1) is 0 Å². The van der Waals surface area contributed by atoms with Crippen LogP contribution in [0.4, 0.5) is 0 Å². The first-order valence-electron chi connectivity index (χ1n) is 8.47. The Bertz CT molecular complexity index is 540. The zero-order valence-electron chi connectivity index (χ0n) is 14.3. The maximum absolute atomic E-state index is 9.83. The lowest BCUT2D eigenvalue weighted by Crippen LogP contribution is -2.49. The highest BCUT2D eigenvalue weighted by Crippen LogP contribution is 2.60. The molecule has 0 spiro atoms. The number of nitriles is 4. The summed E-state index contributed by atoms with van der Waals surface area (Å²) in [7, 11) is 0. The Morgan fingerprint density at radius 3 is 1.83 bits per heavy atom. The lowest BCUT2D eigenvalue weighted by Gasteiger charge is -2.31. The van der Waals surface area contributed by atoms with Gasteiger partial charge in [-0.25, -0.2) is 0 Å². The Kier molecular flexibility index (Phi) is 6.57. The molecular formula is C18H25N5. The van der Waals surface area contributed by atoms with Gasteiger partial charge in [0.25, 0.3) is 0 Å². The average Bonchev–Trinajstić information content (AvgIpc) is 2.81. The van der Waals surface area contributed by atoms with E-state index in [9.17, 15) is 21.0 Å². The summed E-state index contributed by atoms with van der Waals surface area (Å²) >= 11 is 0. The topological polar surface area (TPSA) is 107 Å². The third-order valence-corrected chi connectivity index (χ3v) is 5.26. The molecule has 1 aliphatic carbocycles. The van der Waals surface area contributed by atoms with E-state index in [1.807, 2.05) is 13.8 Å². The SMILES string of the molecule is CCCCN[C@@H]1[C@H](CC)[C@@H](CCC)C(C#N)(C#N)C1(C#N)C#N. The lowest BCUT2D eigenvalue weighted by molar-refractivity contribution is 0.238. The fourth-order valence-electron chi connectivity index (χ4n) is 4.12. The Labute approximate surface area is 139 Å². The van der Waals surface area contributed by atoms with Crippen LogP contribution in [0.1, 0.15) is 52.9 Å². The van der Waals surface area contributed by atoms with Crippen LogP contribution in [0, 0.1) is 68.0 Å². The minimum absolute atomic E-state index is 0.0228. The molecule has 122 valence electrons. The summed E-state index contributed by atoms with van der Waals surface area (Å²) in [6, 6.07) is 7.91. The van der Waals surface area contributed by atoms with E-state index in [1.165, 1.54) is 0 Å². The second-order valence-corrected chi connectivity index (χ2v) is 6.32. The van der Waals surface area contributed by atoms with Crippen LogP contribution in [0.5, 0.6) is 0 Å². The summed E-state index contributed by atoms with van der Waals surface area (Å²) in [4.78, 5) is 0. The van der Waals surface area contributed by atoms with E-state index in [-0.39, 0.29) is 11.8 Å². The fourth-order valence-corrected chi connectivity index (χ4v) is 4.12. The van der Waals surface area contributed by atoms with Crippen molar-refractivity contribution in [3.63, 3.8) is 0 Å². The number of unbranched alkanes of at least 4 members (excludes halogenated alkanes) is 1. The molecule has 0 saturated heterocycles. The van der Waals surface area contributed by atoms with E-state index in [2.05, 4.69) is 36.5 Å². The molecule has 0 bridgehead atoms. The van der Waals surface area contributed by atoms with Gasteiger partial charge in [0.05, 0.1) is 24.3 Å². The van der Waals surface area contributed by atoms with E-state index in [0.717, 1.165) is 25.7 Å². The molecule has 0 aromatic rings. The van der Waals surface area contributed by atoms with Crippen molar-refractivity contribution < 1.29 is 0 Å². The zero-order valence-corrected chi connectivity index (χ0v) is 14.3. The van der Waals surface area contributed by atoms with Gasteiger partial charge < -0.3 is 5.32 Å². The maximum Gasteiger partial charge on any atom is 0.190 e. The molecule has 0 aromatic carbocycles. The first-order valence-corrected chi connectivity index (χ1v) is 8.47. The maximum atomic E-state index is 9.83. The summed E-state index contributed by atoms with van der Waals surface area (Å²) in [5.41, 5.74) is -3.19. The van der Waals surface area contributed by atoms with Crippen molar-refractivity contribution in [2.45, 2.75) is 58.9 Å². The summed E-state index contributed by atoms with van der Waals surface area (Å²) in [5.74, 6) is -0.281. The van der Waals surface area contributed by atoms with Crippen LogP contribution < -0.4 is 5.32 Å². The monoisotopic (exact) mass is 311 g/mol. The Hall–Kier alpha value is -2.08. The van der Waals surface area contributed by atoms with Crippen LogP contribution in [-0.4, -0.2) is 12.6 Å².